The van der Waals surface area contributed by atoms with Crippen LogP contribution in [0.3, 0.4) is 0 Å². The summed E-state index contributed by atoms with van der Waals surface area (Å²) in [4.78, 5) is 42.4. The zero-order valence-electron chi connectivity index (χ0n) is 21.3. The van der Waals surface area contributed by atoms with Crippen LogP contribution in [0.2, 0.25) is 0 Å². The first-order chi connectivity index (χ1) is 16.8. The Hall–Kier alpha value is -1.90. The summed E-state index contributed by atoms with van der Waals surface area (Å²) < 4.78 is 17.7. The Morgan fingerprint density at radius 2 is 1.83 bits per heavy atom. The quantitative estimate of drug-likeness (QED) is 0.429. The molecule has 1 aromatic rings. The summed E-state index contributed by atoms with van der Waals surface area (Å²) >= 11 is 0. The van der Waals surface area contributed by atoms with Gasteiger partial charge in [0.1, 0.15) is 5.75 Å². The van der Waals surface area contributed by atoms with Crippen LogP contribution in [0.25, 0.3) is 0 Å². The van der Waals surface area contributed by atoms with Gasteiger partial charge in [-0.15, -0.1) is 0 Å². The molecule has 1 amide bonds. The molecule has 1 aromatic carbocycles. The maximum Gasteiger partial charge on any atom is 0.229 e. The van der Waals surface area contributed by atoms with Gasteiger partial charge in [-0.3, -0.25) is 14.4 Å². The van der Waals surface area contributed by atoms with Gasteiger partial charge in [0.15, 0.2) is 10.9 Å². The first-order valence-electron chi connectivity index (χ1n) is 12.8. The van der Waals surface area contributed by atoms with E-state index in [1.807, 2.05) is 36.1 Å². The van der Waals surface area contributed by atoms with Crippen molar-refractivity contribution in [1.82, 2.24) is 4.90 Å². The lowest BCUT2D eigenvalue weighted by Crippen LogP contribution is -2.47. The Kier molecular flexibility index (Phi) is 8.23. The molecule has 7 nitrogen and oxygen atoms in total. The molecular formula is C27H39NO6S. The molecule has 0 saturated carbocycles. The molecule has 3 fully saturated rings. The monoisotopic (exact) mass is 505 g/mol. The Morgan fingerprint density at radius 1 is 1.17 bits per heavy atom. The lowest BCUT2D eigenvalue weighted by atomic mass is 9.75. The minimum atomic E-state index is -1.33. The average Bonchev–Trinajstić information content (AvgIpc) is 3.47. The zero-order chi connectivity index (χ0) is 25.2. The molecule has 0 aliphatic carbocycles. The number of likely N-dealkylation sites (tertiary alicyclic amines) is 1. The van der Waals surface area contributed by atoms with Crippen molar-refractivity contribution in [2.24, 2.45) is 11.3 Å². The number of amides is 1. The Balaban J connectivity index is 1.59. The van der Waals surface area contributed by atoms with E-state index in [4.69, 9.17) is 14.2 Å². The molecule has 0 bridgehead atoms. The molecule has 0 radical (unpaired) electrons. The van der Waals surface area contributed by atoms with Crippen molar-refractivity contribution in [3.05, 3.63) is 29.8 Å². The van der Waals surface area contributed by atoms with Crippen molar-refractivity contribution in [2.45, 2.75) is 63.9 Å². The third kappa shape index (κ3) is 5.30. The third-order valence-electron chi connectivity index (χ3n) is 7.73. The summed E-state index contributed by atoms with van der Waals surface area (Å²) in [5, 5.41) is -0.464. The van der Waals surface area contributed by atoms with Gasteiger partial charge in [0, 0.05) is 42.9 Å². The lowest BCUT2D eigenvalue weighted by molar-refractivity contribution is -0.148. The van der Waals surface area contributed by atoms with Gasteiger partial charge in [0.2, 0.25) is 5.91 Å². The highest BCUT2D eigenvalue weighted by molar-refractivity contribution is 8.31. The minimum Gasteiger partial charge on any atom is -0.496 e. The van der Waals surface area contributed by atoms with E-state index in [0.29, 0.717) is 37.8 Å². The predicted octanol–water partition coefficient (Wildman–Crippen LogP) is 3.70. The van der Waals surface area contributed by atoms with Gasteiger partial charge in [-0.1, -0.05) is 18.2 Å². The summed E-state index contributed by atoms with van der Waals surface area (Å²) in [6.45, 7) is 8.12. The number of carbonyl (C=O) groups is 3. The van der Waals surface area contributed by atoms with Crippen molar-refractivity contribution in [2.75, 3.05) is 39.2 Å². The summed E-state index contributed by atoms with van der Waals surface area (Å²) in [5.74, 6) is 0.0990. The number of hydrogen-bond acceptors (Lipinski definition) is 6. The van der Waals surface area contributed by atoms with E-state index in [1.165, 1.54) is 0 Å². The lowest BCUT2D eigenvalue weighted by Gasteiger charge is -2.33. The third-order valence-corrected chi connectivity index (χ3v) is 10.5. The first-order valence-corrected chi connectivity index (χ1v) is 14.3. The number of nitrogens with zero attached hydrogens (tertiary/aromatic N) is 1. The molecule has 3 aliphatic heterocycles. The van der Waals surface area contributed by atoms with Crippen molar-refractivity contribution in [1.29, 1.82) is 0 Å². The molecule has 3 aliphatic rings. The molecule has 0 N–H and O–H groups in total. The Labute approximate surface area is 211 Å². The summed E-state index contributed by atoms with van der Waals surface area (Å²) in [5.41, 5.74) is -0.141. The number of ether oxygens (including phenoxy) is 3. The molecule has 194 valence electrons. The van der Waals surface area contributed by atoms with Gasteiger partial charge in [-0.05, 0) is 52.5 Å². The van der Waals surface area contributed by atoms with Gasteiger partial charge >= 0.3 is 0 Å². The first kappa shape index (κ1) is 26.2. The highest BCUT2D eigenvalue weighted by atomic mass is 32.2. The summed E-state index contributed by atoms with van der Waals surface area (Å²) in [6, 6.07) is 7.73. The van der Waals surface area contributed by atoms with Crippen LogP contribution in [-0.4, -0.2) is 72.2 Å². The highest BCUT2D eigenvalue weighted by Gasteiger charge is 2.55. The van der Waals surface area contributed by atoms with Gasteiger partial charge in [-0.25, -0.2) is 0 Å². The standard InChI is InChI=1S/C27H39NO6S/c1-18-24(29)23(27(2,3)26(31)28-13-7-8-14-28)25(30)35(18)17-22(34-19-11-15-33-16-12-19)20-9-5-6-10-21(20)32-4/h5-6,9-10,18-19,22-23,35H,7-8,11-17H2,1-4H3. The average molecular weight is 506 g/mol. The van der Waals surface area contributed by atoms with E-state index in [1.54, 1.807) is 21.0 Å². The largest absolute Gasteiger partial charge is 0.496 e. The molecule has 3 saturated heterocycles. The van der Waals surface area contributed by atoms with Crippen LogP contribution in [0.5, 0.6) is 5.75 Å². The molecule has 35 heavy (non-hydrogen) atoms. The Bertz CT molecular complexity index is 937. The van der Waals surface area contributed by atoms with E-state index in [9.17, 15) is 14.4 Å². The number of methoxy groups -OCH3 is 1. The van der Waals surface area contributed by atoms with E-state index in [2.05, 4.69) is 0 Å². The van der Waals surface area contributed by atoms with Gasteiger partial charge in [0.05, 0.1) is 30.7 Å². The molecule has 3 heterocycles. The van der Waals surface area contributed by atoms with Crippen molar-refractivity contribution in [3.8, 4) is 5.75 Å². The molecule has 0 spiro atoms. The number of rotatable bonds is 8. The number of benzene rings is 1. The van der Waals surface area contributed by atoms with Crippen LogP contribution < -0.4 is 4.74 Å². The van der Waals surface area contributed by atoms with Crippen molar-refractivity contribution >= 4 is 27.7 Å². The number of hydrogen-bond donors (Lipinski definition) is 1. The number of para-hydroxylation sites is 1. The molecule has 0 aromatic heterocycles. The second-order valence-corrected chi connectivity index (χ2v) is 12.9. The van der Waals surface area contributed by atoms with Crippen LogP contribution >= 0.6 is 10.9 Å². The zero-order valence-corrected chi connectivity index (χ0v) is 22.2. The van der Waals surface area contributed by atoms with E-state index in [-0.39, 0.29) is 29.0 Å². The van der Waals surface area contributed by atoms with E-state index >= 15 is 0 Å². The second kappa shape index (κ2) is 11.0. The van der Waals surface area contributed by atoms with Gasteiger partial charge < -0.3 is 19.1 Å². The fourth-order valence-electron chi connectivity index (χ4n) is 5.61. The van der Waals surface area contributed by atoms with Crippen LogP contribution in [0, 0.1) is 11.3 Å². The van der Waals surface area contributed by atoms with Crippen LogP contribution in [-0.2, 0) is 23.9 Å². The fourth-order valence-corrected chi connectivity index (χ4v) is 8.36. The molecule has 4 rings (SSSR count). The molecule has 4 atom stereocenters. The summed E-state index contributed by atoms with van der Waals surface area (Å²) in [6.07, 6.45) is 3.21. The maximum absolute atomic E-state index is 13.8. The van der Waals surface area contributed by atoms with Crippen LogP contribution in [0.15, 0.2) is 24.3 Å². The van der Waals surface area contributed by atoms with Crippen LogP contribution in [0.4, 0.5) is 0 Å². The molecule has 4 unspecified atom stereocenters. The highest BCUT2D eigenvalue weighted by Crippen LogP contribution is 2.52. The van der Waals surface area contributed by atoms with Crippen molar-refractivity contribution < 1.29 is 28.6 Å². The SMILES string of the molecule is COc1ccccc1C(C[SH]1C(=O)C(C(C)(C)C(=O)N2CCCC2)C(=O)C1C)OC1CCOCC1. The second-order valence-electron chi connectivity index (χ2n) is 10.4. The Morgan fingerprint density at radius 3 is 2.49 bits per heavy atom. The predicted molar refractivity (Wildman–Crippen MR) is 137 cm³/mol. The fraction of sp³-hybridized carbons (Fsp3) is 0.667. The molecular weight excluding hydrogens is 466 g/mol. The molecule has 8 heteroatoms. The summed E-state index contributed by atoms with van der Waals surface area (Å²) in [7, 11) is 0.304. The van der Waals surface area contributed by atoms with E-state index < -0.39 is 27.5 Å². The maximum atomic E-state index is 13.8. The van der Waals surface area contributed by atoms with Crippen molar-refractivity contribution in [3.63, 3.8) is 0 Å². The number of thiol groups is 1. The minimum absolute atomic E-state index is 0.0290. The van der Waals surface area contributed by atoms with E-state index in [0.717, 1.165) is 31.2 Å². The number of carbonyl (C=O) groups excluding carboxylic acids is 3. The van der Waals surface area contributed by atoms with Gasteiger partial charge in [0.25, 0.3) is 0 Å². The number of Topliss-reactive ketones (excluding diaryl/α,β-unsaturated/α-hetero) is 1. The smallest absolute Gasteiger partial charge is 0.229 e. The van der Waals surface area contributed by atoms with Gasteiger partial charge in [-0.2, -0.15) is 10.9 Å². The normalized spacial score (nSPS) is 27.9. The van der Waals surface area contributed by atoms with Crippen LogP contribution in [0.1, 0.15) is 58.1 Å². The number of ketones is 1. The topological polar surface area (TPSA) is 82.1 Å².